The van der Waals surface area contributed by atoms with Crippen molar-refractivity contribution in [2.75, 3.05) is 26.2 Å². The summed E-state index contributed by atoms with van der Waals surface area (Å²) < 4.78 is 0. The van der Waals surface area contributed by atoms with Crippen LogP contribution >= 0.6 is 0 Å². The Morgan fingerprint density at radius 3 is 2.79 bits per heavy atom. The normalized spacial score (nSPS) is 16.3. The molecule has 0 aliphatic carbocycles. The average molecular weight is 254 g/mol. The van der Waals surface area contributed by atoms with Gasteiger partial charge in [0.2, 0.25) is 0 Å². The molecule has 0 saturated carbocycles. The molecular weight excluding hydrogens is 236 g/mol. The molecule has 0 bridgehead atoms. The van der Waals surface area contributed by atoms with Crippen molar-refractivity contribution >= 4 is 16.7 Å². The summed E-state index contributed by atoms with van der Waals surface area (Å²) in [4.78, 5) is 14.6. The molecule has 19 heavy (non-hydrogen) atoms. The van der Waals surface area contributed by atoms with E-state index in [0.29, 0.717) is 0 Å². The summed E-state index contributed by atoms with van der Waals surface area (Å²) in [5, 5.41) is 5.50. The number of nitrogens with zero attached hydrogens (tertiary/aromatic N) is 1. The smallest absolute Gasteiger partial charge is 0.254 e. The predicted octanol–water partition coefficient (Wildman–Crippen LogP) is 2.28. The topological polar surface area (TPSA) is 32.3 Å². The predicted molar refractivity (Wildman–Crippen MR) is 77.3 cm³/mol. The van der Waals surface area contributed by atoms with Crippen LogP contribution in [0, 0.1) is 0 Å². The first kappa shape index (κ1) is 12.2. The van der Waals surface area contributed by atoms with Gasteiger partial charge in [-0.3, -0.25) is 4.79 Å². The van der Waals surface area contributed by atoms with Crippen LogP contribution in [0.2, 0.25) is 0 Å². The lowest BCUT2D eigenvalue weighted by Gasteiger charge is -2.20. The van der Waals surface area contributed by atoms with Gasteiger partial charge in [-0.15, -0.1) is 0 Å². The maximum atomic E-state index is 12.7. The van der Waals surface area contributed by atoms with E-state index in [2.05, 4.69) is 17.4 Å². The van der Waals surface area contributed by atoms with Crippen molar-refractivity contribution < 1.29 is 4.79 Å². The van der Waals surface area contributed by atoms with Crippen molar-refractivity contribution in [2.24, 2.45) is 0 Å². The van der Waals surface area contributed by atoms with Crippen LogP contribution in [0.15, 0.2) is 42.5 Å². The number of hydrogen-bond acceptors (Lipinski definition) is 2. The number of amides is 1. The van der Waals surface area contributed by atoms with Gasteiger partial charge in [0.25, 0.3) is 5.91 Å². The van der Waals surface area contributed by atoms with Gasteiger partial charge in [-0.1, -0.05) is 36.4 Å². The molecule has 2 aromatic carbocycles. The van der Waals surface area contributed by atoms with Gasteiger partial charge in [0.15, 0.2) is 0 Å². The number of carbonyl (C=O) groups is 1. The summed E-state index contributed by atoms with van der Waals surface area (Å²) in [6.07, 6.45) is 1.02. The zero-order valence-electron chi connectivity index (χ0n) is 10.9. The van der Waals surface area contributed by atoms with Gasteiger partial charge in [-0.25, -0.2) is 0 Å². The molecule has 1 fully saturated rings. The second kappa shape index (κ2) is 5.41. The first-order valence-corrected chi connectivity index (χ1v) is 6.84. The van der Waals surface area contributed by atoms with E-state index in [9.17, 15) is 4.79 Å². The van der Waals surface area contributed by atoms with Crippen LogP contribution < -0.4 is 5.32 Å². The van der Waals surface area contributed by atoms with Crippen LogP contribution in [0.25, 0.3) is 10.8 Å². The molecule has 1 aliphatic rings. The quantitative estimate of drug-likeness (QED) is 0.846. The Morgan fingerprint density at radius 1 is 1.00 bits per heavy atom. The zero-order chi connectivity index (χ0) is 13.1. The van der Waals surface area contributed by atoms with E-state index in [-0.39, 0.29) is 5.91 Å². The van der Waals surface area contributed by atoms with Crippen LogP contribution in [-0.2, 0) is 0 Å². The van der Waals surface area contributed by atoms with E-state index >= 15 is 0 Å². The van der Waals surface area contributed by atoms with Crippen molar-refractivity contribution in [1.82, 2.24) is 10.2 Å². The Hall–Kier alpha value is -1.87. The standard InChI is InChI=1S/C16H18N2O/c19-16(18-11-4-9-17-10-12-18)15-8-3-6-13-5-1-2-7-14(13)15/h1-3,5-8,17H,4,9-12H2. The number of fused-ring (bicyclic) bond motifs is 1. The van der Waals surface area contributed by atoms with Crippen molar-refractivity contribution in [3.05, 3.63) is 48.0 Å². The van der Waals surface area contributed by atoms with E-state index in [1.807, 2.05) is 35.2 Å². The highest BCUT2D eigenvalue weighted by molar-refractivity contribution is 6.07. The van der Waals surface area contributed by atoms with Gasteiger partial charge >= 0.3 is 0 Å². The second-order valence-electron chi connectivity index (χ2n) is 4.92. The van der Waals surface area contributed by atoms with Gasteiger partial charge in [0, 0.05) is 25.2 Å². The molecule has 0 atom stereocenters. The molecule has 1 saturated heterocycles. The van der Waals surface area contributed by atoms with E-state index in [1.165, 1.54) is 0 Å². The molecule has 3 rings (SSSR count). The van der Waals surface area contributed by atoms with Crippen LogP contribution in [-0.4, -0.2) is 37.0 Å². The zero-order valence-corrected chi connectivity index (χ0v) is 10.9. The number of hydrogen-bond donors (Lipinski definition) is 1. The van der Waals surface area contributed by atoms with Crippen molar-refractivity contribution in [2.45, 2.75) is 6.42 Å². The molecule has 1 N–H and O–H groups in total. The highest BCUT2D eigenvalue weighted by Gasteiger charge is 2.18. The summed E-state index contributed by atoms with van der Waals surface area (Å²) in [6.45, 7) is 3.52. The summed E-state index contributed by atoms with van der Waals surface area (Å²) >= 11 is 0. The van der Waals surface area contributed by atoms with E-state index in [4.69, 9.17) is 0 Å². The lowest BCUT2D eigenvalue weighted by Crippen LogP contribution is -2.34. The maximum absolute atomic E-state index is 12.7. The Balaban J connectivity index is 1.96. The minimum Gasteiger partial charge on any atom is -0.337 e. The Kier molecular flexibility index (Phi) is 3.47. The molecular formula is C16H18N2O. The molecule has 1 aliphatic heterocycles. The molecule has 1 amide bonds. The molecule has 0 unspecified atom stereocenters. The number of benzene rings is 2. The minimum absolute atomic E-state index is 0.153. The fourth-order valence-electron chi connectivity index (χ4n) is 2.63. The van der Waals surface area contributed by atoms with E-state index in [0.717, 1.165) is 48.9 Å². The Labute approximate surface area is 113 Å². The molecule has 2 aromatic rings. The number of nitrogens with one attached hydrogen (secondary N) is 1. The van der Waals surface area contributed by atoms with Gasteiger partial charge in [0.05, 0.1) is 0 Å². The summed E-state index contributed by atoms with van der Waals surface area (Å²) in [6, 6.07) is 14.0. The van der Waals surface area contributed by atoms with Crippen LogP contribution in [0.3, 0.4) is 0 Å². The van der Waals surface area contributed by atoms with Gasteiger partial charge in [-0.05, 0) is 29.8 Å². The van der Waals surface area contributed by atoms with Crippen molar-refractivity contribution in [3.63, 3.8) is 0 Å². The highest BCUT2D eigenvalue weighted by atomic mass is 16.2. The van der Waals surface area contributed by atoms with Crippen molar-refractivity contribution in [3.8, 4) is 0 Å². The van der Waals surface area contributed by atoms with E-state index < -0.39 is 0 Å². The van der Waals surface area contributed by atoms with Gasteiger partial charge in [-0.2, -0.15) is 0 Å². The maximum Gasteiger partial charge on any atom is 0.254 e. The molecule has 0 spiro atoms. The third-order valence-corrected chi connectivity index (χ3v) is 3.65. The first-order valence-electron chi connectivity index (χ1n) is 6.84. The molecule has 3 heteroatoms. The third kappa shape index (κ3) is 2.47. The lowest BCUT2D eigenvalue weighted by atomic mass is 10.0. The second-order valence-corrected chi connectivity index (χ2v) is 4.92. The molecule has 3 nitrogen and oxygen atoms in total. The van der Waals surface area contributed by atoms with Gasteiger partial charge < -0.3 is 10.2 Å². The van der Waals surface area contributed by atoms with E-state index in [1.54, 1.807) is 0 Å². The van der Waals surface area contributed by atoms with Crippen LogP contribution in [0.4, 0.5) is 0 Å². The van der Waals surface area contributed by atoms with Crippen molar-refractivity contribution in [1.29, 1.82) is 0 Å². The van der Waals surface area contributed by atoms with Crippen LogP contribution in [0.1, 0.15) is 16.8 Å². The summed E-state index contributed by atoms with van der Waals surface area (Å²) in [7, 11) is 0. The average Bonchev–Trinajstić information content (AvgIpc) is 2.75. The lowest BCUT2D eigenvalue weighted by molar-refractivity contribution is 0.0768. The van der Waals surface area contributed by atoms with Gasteiger partial charge in [0.1, 0.15) is 0 Å². The fourth-order valence-corrected chi connectivity index (χ4v) is 2.63. The molecule has 0 radical (unpaired) electrons. The summed E-state index contributed by atoms with van der Waals surface area (Å²) in [5.74, 6) is 0.153. The Morgan fingerprint density at radius 2 is 1.84 bits per heavy atom. The largest absolute Gasteiger partial charge is 0.337 e. The monoisotopic (exact) mass is 254 g/mol. The number of rotatable bonds is 1. The first-order chi connectivity index (χ1) is 9.36. The SMILES string of the molecule is O=C(c1cccc2ccccc12)N1CCCNCC1. The third-order valence-electron chi connectivity index (χ3n) is 3.65. The molecule has 0 aromatic heterocycles. The Bertz CT molecular complexity index is 581. The minimum atomic E-state index is 0.153. The highest BCUT2D eigenvalue weighted by Crippen LogP contribution is 2.20. The summed E-state index contributed by atoms with van der Waals surface area (Å²) in [5.41, 5.74) is 0.819. The van der Waals surface area contributed by atoms with Crippen LogP contribution in [0.5, 0.6) is 0 Å². The molecule has 98 valence electrons. The fraction of sp³-hybridized carbons (Fsp3) is 0.312. The number of carbonyl (C=O) groups excluding carboxylic acids is 1. The molecule has 1 heterocycles.